The molecule has 0 aromatic heterocycles. The Kier molecular flexibility index (Phi) is 5.59. The van der Waals surface area contributed by atoms with E-state index in [2.05, 4.69) is 0 Å². The molecule has 0 saturated carbocycles. The Balaban J connectivity index is 2.11. The number of ether oxygens (including phenoxy) is 1. The standard InChI is InChI=1S/C16H12ClF3O2S/c1-23-12-5-6-14(17)13(8-12)15(21)22-9-10-3-2-4-11(7-10)16(18,19)20/h2-8H,9H2,1H3. The largest absolute Gasteiger partial charge is 0.457 e. The summed E-state index contributed by atoms with van der Waals surface area (Å²) in [6.07, 6.45) is -2.59. The lowest BCUT2D eigenvalue weighted by Gasteiger charge is -2.10. The first-order chi connectivity index (χ1) is 10.8. The Morgan fingerprint density at radius 1 is 1.22 bits per heavy atom. The molecule has 0 N–H and O–H groups in total. The Bertz CT molecular complexity index is 717. The number of hydrogen-bond donors (Lipinski definition) is 0. The molecular weight excluding hydrogens is 349 g/mol. The minimum absolute atomic E-state index is 0.186. The van der Waals surface area contributed by atoms with Gasteiger partial charge in [-0.25, -0.2) is 4.79 Å². The zero-order valence-electron chi connectivity index (χ0n) is 12.0. The second kappa shape index (κ2) is 7.27. The van der Waals surface area contributed by atoms with Crippen LogP contribution in [0.25, 0.3) is 0 Å². The second-order valence-electron chi connectivity index (χ2n) is 4.62. The first kappa shape index (κ1) is 17.7. The Hall–Kier alpha value is -1.66. The zero-order valence-corrected chi connectivity index (χ0v) is 13.6. The molecule has 0 saturated heterocycles. The number of rotatable bonds is 4. The number of carbonyl (C=O) groups excluding carboxylic acids is 1. The molecule has 0 aliphatic rings. The van der Waals surface area contributed by atoms with E-state index in [1.165, 1.54) is 23.9 Å². The van der Waals surface area contributed by atoms with Gasteiger partial charge in [0.2, 0.25) is 0 Å². The molecule has 0 fully saturated rings. The fraction of sp³-hybridized carbons (Fsp3) is 0.188. The molecule has 0 aliphatic carbocycles. The summed E-state index contributed by atoms with van der Waals surface area (Å²) < 4.78 is 43.0. The van der Waals surface area contributed by atoms with Crippen molar-refractivity contribution in [3.8, 4) is 0 Å². The summed E-state index contributed by atoms with van der Waals surface area (Å²) in [5.41, 5.74) is -0.343. The summed E-state index contributed by atoms with van der Waals surface area (Å²) >= 11 is 7.39. The lowest BCUT2D eigenvalue weighted by atomic mass is 10.1. The summed E-state index contributed by atoms with van der Waals surface area (Å²) in [7, 11) is 0. The van der Waals surface area contributed by atoms with Crippen molar-refractivity contribution in [1.82, 2.24) is 0 Å². The monoisotopic (exact) mass is 360 g/mol. The van der Waals surface area contributed by atoms with Crippen LogP contribution in [0.3, 0.4) is 0 Å². The molecule has 0 atom stereocenters. The van der Waals surface area contributed by atoms with Crippen LogP contribution >= 0.6 is 23.4 Å². The van der Waals surface area contributed by atoms with Crippen LogP contribution in [-0.4, -0.2) is 12.2 Å². The summed E-state index contributed by atoms with van der Waals surface area (Å²) in [6, 6.07) is 9.57. The minimum Gasteiger partial charge on any atom is -0.457 e. The molecule has 2 nitrogen and oxygen atoms in total. The highest BCUT2D eigenvalue weighted by Crippen LogP contribution is 2.30. The molecule has 0 spiro atoms. The third kappa shape index (κ3) is 4.65. The van der Waals surface area contributed by atoms with Gasteiger partial charge in [-0.05, 0) is 42.2 Å². The van der Waals surface area contributed by atoms with Crippen molar-refractivity contribution in [3.05, 3.63) is 64.2 Å². The van der Waals surface area contributed by atoms with Gasteiger partial charge in [-0.15, -0.1) is 11.8 Å². The number of alkyl halides is 3. The molecule has 23 heavy (non-hydrogen) atoms. The van der Waals surface area contributed by atoms with E-state index in [4.69, 9.17) is 16.3 Å². The van der Waals surface area contributed by atoms with Gasteiger partial charge in [0.25, 0.3) is 0 Å². The van der Waals surface area contributed by atoms with E-state index in [0.29, 0.717) is 0 Å². The van der Waals surface area contributed by atoms with E-state index in [1.54, 1.807) is 18.2 Å². The molecule has 122 valence electrons. The van der Waals surface area contributed by atoms with Crippen molar-refractivity contribution in [3.63, 3.8) is 0 Å². The first-order valence-corrected chi connectivity index (χ1v) is 8.08. The van der Waals surface area contributed by atoms with Gasteiger partial charge in [-0.3, -0.25) is 0 Å². The van der Waals surface area contributed by atoms with E-state index in [9.17, 15) is 18.0 Å². The summed E-state index contributed by atoms with van der Waals surface area (Å²) in [5, 5.41) is 0.233. The number of thioether (sulfide) groups is 1. The van der Waals surface area contributed by atoms with Gasteiger partial charge in [0, 0.05) is 4.90 Å². The molecule has 2 aromatic carbocycles. The number of benzene rings is 2. The number of halogens is 4. The van der Waals surface area contributed by atoms with Crippen LogP contribution in [0.1, 0.15) is 21.5 Å². The summed E-state index contributed by atoms with van der Waals surface area (Å²) in [4.78, 5) is 12.9. The number of carbonyl (C=O) groups is 1. The Morgan fingerprint density at radius 3 is 2.61 bits per heavy atom. The van der Waals surface area contributed by atoms with E-state index >= 15 is 0 Å². The predicted molar refractivity (Wildman–Crippen MR) is 83.8 cm³/mol. The average molecular weight is 361 g/mol. The van der Waals surface area contributed by atoms with Crippen molar-refractivity contribution in [2.75, 3.05) is 6.26 Å². The number of esters is 1. The second-order valence-corrected chi connectivity index (χ2v) is 5.91. The van der Waals surface area contributed by atoms with Crippen molar-refractivity contribution >= 4 is 29.3 Å². The molecule has 0 aliphatic heterocycles. The van der Waals surface area contributed by atoms with Crippen LogP contribution in [0, 0.1) is 0 Å². The van der Waals surface area contributed by atoms with Crippen LogP contribution in [-0.2, 0) is 17.5 Å². The van der Waals surface area contributed by atoms with Gasteiger partial charge in [0.15, 0.2) is 0 Å². The molecule has 0 heterocycles. The highest BCUT2D eigenvalue weighted by atomic mass is 35.5. The quantitative estimate of drug-likeness (QED) is 0.536. The molecule has 0 amide bonds. The van der Waals surface area contributed by atoms with Crippen LogP contribution < -0.4 is 0 Å². The van der Waals surface area contributed by atoms with Crippen molar-refractivity contribution in [2.45, 2.75) is 17.7 Å². The topological polar surface area (TPSA) is 26.3 Å². The molecule has 2 aromatic rings. The molecular formula is C16H12ClF3O2S. The number of hydrogen-bond acceptors (Lipinski definition) is 3. The van der Waals surface area contributed by atoms with E-state index in [1.807, 2.05) is 6.26 Å². The molecule has 0 unspecified atom stereocenters. The van der Waals surface area contributed by atoms with Gasteiger partial charge in [-0.1, -0.05) is 23.7 Å². The lowest BCUT2D eigenvalue weighted by Crippen LogP contribution is -2.08. The van der Waals surface area contributed by atoms with Gasteiger partial charge < -0.3 is 4.74 Å². The Labute approximate surface area is 140 Å². The smallest absolute Gasteiger partial charge is 0.416 e. The first-order valence-electron chi connectivity index (χ1n) is 6.48. The van der Waals surface area contributed by atoms with Gasteiger partial charge in [-0.2, -0.15) is 13.2 Å². The van der Waals surface area contributed by atoms with E-state index in [0.717, 1.165) is 17.0 Å². The SMILES string of the molecule is CSc1ccc(Cl)c(C(=O)OCc2cccc(C(F)(F)F)c2)c1. The maximum Gasteiger partial charge on any atom is 0.416 e. The van der Waals surface area contributed by atoms with Crippen molar-refractivity contribution in [2.24, 2.45) is 0 Å². The molecule has 7 heteroatoms. The normalized spacial score (nSPS) is 11.3. The van der Waals surface area contributed by atoms with Crippen molar-refractivity contribution < 1.29 is 22.7 Å². The predicted octanol–water partition coefficient (Wildman–Crippen LogP) is 5.44. The maximum atomic E-state index is 12.6. The highest BCUT2D eigenvalue weighted by Gasteiger charge is 2.30. The third-order valence-electron chi connectivity index (χ3n) is 3.02. The van der Waals surface area contributed by atoms with E-state index < -0.39 is 17.7 Å². The van der Waals surface area contributed by atoms with E-state index in [-0.39, 0.29) is 22.8 Å². The summed E-state index contributed by atoms with van der Waals surface area (Å²) in [6.45, 7) is -0.261. The third-order valence-corrected chi connectivity index (χ3v) is 4.07. The Morgan fingerprint density at radius 2 is 1.96 bits per heavy atom. The lowest BCUT2D eigenvalue weighted by molar-refractivity contribution is -0.137. The zero-order chi connectivity index (χ0) is 17.0. The molecule has 0 radical (unpaired) electrons. The fourth-order valence-corrected chi connectivity index (χ4v) is 2.49. The maximum absolute atomic E-state index is 12.6. The fourth-order valence-electron chi connectivity index (χ4n) is 1.85. The van der Waals surface area contributed by atoms with Crippen molar-refractivity contribution in [1.29, 1.82) is 0 Å². The highest BCUT2D eigenvalue weighted by molar-refractivity contribution is 7.98. The molecule has 2 rings (SSSR count). The average Bonchev–Trinajstić information content (AvgIpc) is 2.52. The van der Waals surface area contributed by atoms with Crippen LogP contribution in [0.15, 0.2) is 47.4 Å². The molecule has 0 bridgehead atoms. The van der Waals surface area contributed by atoms with Crippen LogP contribution in [0.4, 0.5) is 13.2 Å². The van der Waals surface area contributed by atoms with Gasteiger partial charge in [0.05, 0.1) is 16.1 Å². The van der Waals surface area contributed by atoms with Crippen LogP contribution in [0.5, 0.6) is 0 Å². The van der Waals surface area contributed by atoms with Crippen LogP contribution in [0.2, 0.25) is 5.02 Å². The minimum atomic E-state index is -4.43. The van der Waals surface area contributed by atoms with Gasteiger partial charge >= 0.3 is 12.1 Å². The summed E-state index contributed by atoms with van der Waals surface area (Å²) in [5.74, 6) is -0.677. The van der Waals surface area contributed by atoms with Gasteiger partial charge in [0.1, 0.15) is 6.61 Å².